The Morgan fingerprint density at radius 2 is 2.19 bits per heavy atom. The van der Waals surface area contributed by atoms with Crippen LogP contribution in [0.4, 0.5) is 4.39 Å². The second-order valence-electron chi connectivity index (χ2n) is 3.14. The van der Waals surface area contributed by atoms with Gasteiger partial charge >= 0.3 is 5.97 Å². The van der Waals surface area contributed by atoms with Gasteiger partial charge in [0.05, 0.1) is 19.1 Å². The molecule has 0 aromatic heterocycles. The Balaban J connectivity index is 3.15. The fourth-order valence-corrected chi connectivity index (χ4v) is 1.31. The minimum Gasteiger partial charge on any atom is -0.469 e. The largest absolute Gasteiger partial charge is 0.469 e. The van der Waals surface area contributed by atoms with Crippen molar-refractivity contribution >= 4 is 5.97 Å². The van der Waals surface area contributed by atoms with Gasteiger partial charge in [0.15, 0.2) is 0 Å². The molecule has 0 fully saturated rings. The fourth-order valence-electron chi connectivity index (χ4n) is 1.31. The summed E-state index contributed by atoms with van der Waals surface area (Å²) in [6.07, 6.45) is -0.193. The highest BCUT2D eigenvalue weighted by molar-refractivity contribution is 5.72. The maximum atomic E-state index is 13.7. The summed E-state index contributed by atoms with van der Waals surface area (Å²) in [6, 6.07) is 4.72. The Hall–Kier alpha value is -1.93. The lowest BCUT2D eigenvalue weighted by molar-refractivity contribution is -0.139. The van der Waals surface area contributed by atoms with E-state index < -0.39 is 11.8 Å². The van der Waals surface area contributed by atoms with E-state index in [2.05, 4.69) is 4.74 Å². The topological polar surface area (TPSA) is 76.1 Å². The maximum Gasteiger partial charge on any atom is 0.310 e. The Bertz CT molecular complexity index is 452. The van der Waals surface area contributed by atoms with E-state index in [0.29, 0.717) is 5.56 Å². The number of nitriles is 1. The number of hydrogen-bond donors (Lipinski definition) is 1. The first-order valence-electron chi connectivity index (χ1n) is 4.61. The zero-order valence-corrected chi connectivity index (χ0v) is 8.79. The summed E-state index contributed by atoms with van der Waals surface area (Å²) in [6.45, 7) is 0.0817. The highest BCUT2D eigenvalue weighted by Gasteiger charge is 2.14. The van der Waals surface area contributed by atoms with Gasteiger partial charge in [0.1, 0.15) is 11.9 Å². The molecule has 5 heteroatoms. The number of halogens is 1. The Kier molecular flexibility index (Phi) is 3.97. The predicted molar refractivity (Wildman–Crippen MR) is 54.7 cm³/mol. The van der Waals surface area contributed by atoms with Gasteiger partial charge in [-0.05, 0) is 5.56 Å². The lowest BCUT2D eigenvalue weighted by Crippen LogP contribution is -2.09. The van der Waals surface area contributed by atoms with Crippen molar-refractivity contribution in [3.8, 4) is 6.07 Å². The van der Waals surface area contributed by atoms with Crippen LogP contribution in [0.1, 0.15) is 16.7 Å². The summed E-state index contributed by atoms with van der Waals surface area (Å²) in [5.41, 5.74) is 5.82. The first-order chi connectivity index (χ1) is 7.63. The van der Waals surface area contributed by atoms with Gasteiger partial charge in [-0.25, -0.2) is 4.39 Å². The molecule has 1 aromatic rings. The van der Waals surface area contributed by atoms with Gasteiger partial charge in [-0.2, -0.15) is 5.26 Å². The summed E-state index contributed by atoms with van der Waals surface area (Å²) in [4.78, 5) is 11.0. The average Bonchev–Trinajstić information content (AvgIpc) is 2.31. The number of hydrogen-bond acceptors (Lipinski definition) is 4. The molecule has 0 saturated heterocycles. The van der Waals surface area contributed by atoms with E-state index in [1.54, 1.807) is 12.1 Å². The molecule has 0 aliphatic heterocycles. The number of benzene rings is 1. The van der Waals surface area contributed by atoms with E-state index in [1.807, 2.05) is 0 Å². The number of methoxy groups -OCH3 is 1. The van der Waals surface area contributed by atoms with Crippen molar-refractivity contribution in [2.45, 2.75) is 13.0 Å². The van der Waals surface area contributed by atoms with Crippen LogP contribution in [0, 0.1) is 17.1 Å². The monoisotopic (exact) mass is 222 g/mol. The molecule has 0 radical (unpaired) electrons. The van der Waals surface area contributed by atoms with Crippen LogP contribution in [-0.4, -0.2) is 13.1 Å². The van der Waals surface area contributed by atoms with Gasteiger partial charge in [0, 0.05) is 12.1 Å². The molecule has 1 rings (SSSR count). The number of esters is 1. The number of rotatable bonds is 3. The summed E-state index contributed by atoms with van der Waals surface area (Å²) >= 11 is 0. The van der Waals surface area contributed by atoms with Crippen LogP contribution in [-0.2, 0) is 22.5 Å². The quantitative estimate of drug-likeness (QED) is 0.770. The van der Waals surface area contributed by atoms with Gasteiger partial charge in [-0.3, -0.25) is 4.79 Å². The summed E-state index contributed by atoms with van der Waals surface area (Å²) in [5, 5.41) is 8.78. The van der Waals surface area contributed by atoms with E-state index in [1.165, 1.54) is 13.2 Å². The van der Waals surface area contributed by atoms with Crippen molar-refractivity contribution in [3.63, 3.8) is 0 Å². The third-order valence-corrected chi connectivity index (χ3v) is 2.20. The van der Waals surface area contributed by atoms with Crippen molar-refractivity contribution in [2.75, 3.05) is 7.11 Å². The molecule has 0 bridgehead atoms. The zero-order valence-electron chi connectivity index (χ0n) is 8.79. The van der Waals surface area contributed by atoms with Crippen LogP contribution in [0.3, 0.4) is 0 Å². The van der Waals surface area contributed by atoms with Crippen LogP contribution >= 0.6 is 0 Å². The third-order valence-electron chi connectivity index (χ3n) is 2.20. The second kappa shape index (κ2) is 5.24. The molecule has 0 aliphatic rings. The maximum absolute atomic E-state index is 13.7. The van der Waals surface area contributed by atoms with Crippen LogP contribution in [0.5, 0.6) is 0 Å². The van der Waals surface area contributed by atoms with E-state index >= 15 is 0 Å². The number of carbonyl (C=O) groups excluding carboxylic acids is 1. The van der Waals surface area contributed by atoms with Crippen molar-refractivity contribution in [1.29, 1.82) is 5.26 Å². The molecule has 0 unspecified atom stereocenters. The first kappa shape index (κ1) is 12.1. The lowest BCUT2D eigenvalue weighted by atomic mass is 10.0. The smallest absolute Gasteiger partial charge is 0.310 e. The standard InChI is InChI=1S/C11H11FN2O2/c1-16-10(15)4-7-2-3-8(5-13)9(6-14)11(7)12/h2-3H,4-5,13H2,1H3. The lowest BCUT2D eigenvalue weighted by Gasteiger charge is -2.06. The van der Waals surface area contributed by atoms with Gasteiger partial charge < -0.3 is 10.5 Å². The number of nitrogens with two attached hydrogens (primary N) is 1. The molecular weight excluding hydrogens is 211 g/mol. The summed E-state index contributed by atoms with van der Waals surface area (Å²) in [7, 11) is 1.22. The SMILES string of the molecule is COC(=O)Cc1ccc(CN)c(C#N)c1F. The predicted octanol–water partition coefficient (Wildman–Crippen LogP) is 0.872. The second-order valence-corrected chi connectivity index (χ2v) is 3.14. The van der Waals surface area contributed by atoms with Crippen LogP contribution in [0.2, 0.25) is 0 Å². The van der Waals surface area contributed by atoms with Crippen molar-refractivity contribution < 1.29 is 13.9 Å². The molecule has 2 N–H and O–H groups in total. The van der Waals surface area contributed by atoms with Crippen molar-refractivity contribution in [1.82, 2.24) is 0 Å². The molecular formula is C11H11FN2O2. The molecule has 0 amide bonds. The molecule has 0 spiro atoms. The molecule has 1 aromatic carbocycles. The van der Waals surface area contributed by atoms with E-state index in [9.17, 15) is 9.18 Å². The molecule has 0 saturated carbocycles. The van der Waals surface area contributed by atoms with Gasteiger partial charge in [-0.15, -0.1) is 0 Å². The average molecular weight is 222 g/mol. The summed E-state index contributed by atoms with van der Waals surface area (Å²) < 4.78 is 18.2. The van der Waals surface area contributed by atoms with Crippen molar-refractivity contribution in [3.05, 3.63) is 34.6 Å². The molecule has 4 nitrogen and oxygen atoms in total. The van der Waals surface area contributed by atoms with Crippen LogP contribution in [0.25, 0.3) is 0 Å². The minimum absolute atomic E-state index is 0.0817. The number of nitrogens with zero attached hydrogens (tertiary/aromatic N) is 1. The normalized spacial score (nSPS) is 9.62. The molecule has 16 heavy (non-hydrogen) atoms. The minimum atomic E-state index is -0.698. The molecule has 0 heterocycles. The van der Waals surface area contributed by atoms with Crippen molar-refractivity contribution in [2.24, 2.45) is 5.73 Å². The number of ether oxygens (including phenoxy) is 1. The summed E-state index contributed by atoms with van der Waals surface area (Å²) in [5.74, 6) is -1.25. The van der Waals surface area contributed by atoms with E-state index in [-0.39, 0.29) is 24.1 Å². The molecule has 84 valence electrons. The molecule has 0 aliphatic carbocycles. The Morgan fingerprint density at radius 1 is 1.56 bits per heavy atom. The van der Waals surface area contributed by atoms with Crippen LogP contribution < -0.4 is 5.73 Å². The van der Waals surface area contributed by atoms with E-state index in [0.717, 1.165) is 0 Å². The fraction of sp³-hybridized carbons (Fsp3) is 0.273. The first-order valence-corrected chi connectivity index (χ1v) is 4.61. The van der Waals surface area contributed by atoms with Gasteiger partial charge in [0.25, 0.3) is 0 Å². The Morgan fingerprint density at radius 3 is 2.69 bits per heavy atom. The van der Waals surface area contributed by atoms with Gasteiger partial charge in [0.2, 0.25) is 0 Å². The van der Waals surface area contributed by atoms with E-state index in [4.69, 9.17) is 11.0 Å². The number of carbonyl (C=O) groups is 1. The third kappa shape index (κ3) is 2.35. The zero-order chi connectivity index (χ0) is 12.1. The van der Waals surface area contributed by atoms with Gasteiger partial charge in [-0.1, -0.05) is 12.1 Å². The van der Waals surface area contributed by atoms with Crippen LogP contribution in [0.15, 0.2) is 12.1 Å². The Labute approximate surface area is 92.4 Å². The highest BCUT2D eigenvalue weighted by atomic mass is 19.1. The molecule has 0 atom stereocenters. The highest BCUT2D eigenvalue weighted by Crippen LogP contribution is 2.17.